The van der Waals surface area contributed by atoms with Gasteiger partial charge in [0, 0.05) is 49.0 Å². The third-order valence-electron chi connectivity index (χ3n) is 6.48. The number of rotatable bonds is 9. The van der Waals surface area contributed by atoms with Crippen LogP contribution in [0.25, 0.3) is 5.57 Å². The van der Waals surface area contributed by atoms with Gasteiger partial charge >= 0.3 is 0 Å². The lowest BCUT2D eigenvalue weighted by atomic mass is 9.96. The molecule has 1 amide bonds. The molecule has 0 aliphatic carbocycles. The van der Waals surface area contributed by atoms with Crippen molar-refractivity contribution < 1.29 is 9.18 Å². The van der Waals surface area contributed by atoms with Crippen LogP contribution < -0.4 is 5.32 Å². The Morgan fingerprint density at radius 1 is 1.29 bits per heavy atom. The number of allylic oxidation sites excluding steroid dienone is 2. The van der Waals surface area contributed by atoms with Crippen molar-refractivity contribution in [3.63, 3.8) is 0 Å². The quantitative estimate of drug-likeness (QED) is 0.423. The molecular weight excluding hydrogens is 441 g/mol. The largest absolute Gasteiger partial charge is 0.342 e. The highest BCUT2D eigenvalue weighted by Gasteiger charge is 2.26. The van der Waals surface area contributed by atoms with E-state index < -0.39 is 0 Å². The lowest BCUT2D eigenvalue weighted by Crippen LogP contribution is -2.39. The Hall–Kier alpha value is -3.09. The number of hydrogen-bond acceptors (Lipinski definition) is 5. The van der Waals surface area contributed by atoms with Gasteiger partial charge < -0.3 is 10.2 Å². The van der Waals surface area contributed by atoms with Crippen LogP contribution in [0.4, 0.5) is 15.9 Å². The molecule has 1 N–H and O–H groups in total. The van der Waals surface area contributed by atoms with Gasteiger partial charge in [-0.05, 0) is 50.3 Å². The van der Waals surface area contributed by atoms with Crippen molar-refractivity contribution in [1.82, 2.24) is 14.9 Å². The fourth-order valence-electron chi connectivity index (χ4n) is 4.43. The van der Waals surface area contributed by atoms with E-state index in [9.17, 15) is 9.18 Å². The minimum Gasteiger partial charge on any atom is -0.342 e. The summed E-state index contributed by atoms with van der Waals surface area (Å²) in [7, 11) is 0. The minimum absolute atomic E-state index is 0.0429. The first-order valence-corrected chi connectivity index (χ1v) is 12.7. The Balaban J connectivity index is 1.98. The molecule has 1 aromatic carbocycles. The molecule has 2 atom stereocenters. The summed E-state index contributed by atoms with van der Waals surface area (Å²) < 4.78 is 13.8. The molecule has 1 aromatic heterocycles. The van der Waals surface area contributed by atoms with Gasteiger partial charge in [-0.25, -0.2) is 14.4 Å². The summed E-state index contributed by atoms with van der Waals surface area (Å²) in [5, 5.41) is 3.24. The second-order valence-corrected chi connectivity index (χ2v) is 9.41. The fraction of sp³-hybridized carbons (Fsp3) is 0.500. The molecule has 3 rings (SSSR count). The van der Waals surface area contributed by atoms with E-state index in [1.807, 2.05) is 37.1 Å². The molecule has 188 valence electrons. The third-order valence-corrected chi connectivity index (χ3v) is 6.48. The van der Waals surface area contributed by atoms with Crippen LogP contribution in [-0.4, -0.2) is 46.1 Å². The number of likely N-dealkylation sites (tertiary alicyclic amines) is 1. The maximum atomic E-state index is 13.8. The van der Waals surface area contributed by atoms with Gasteiger partial charge in [-0.15, -0.1) is 0 Å². The predicted molar refractivity (Wildman–Crippen MR) is 142 cm³/mol. The molecule has 0 spiro atoms. The summed E-state index contributed by atoms with van der Waals surface area (Å²) in [6.07, 6.45) is 7.20. The number of amides is 1. The molecule has 2 aromatic rings. The number of carbonyl (C=O) groups excluding carboxylic acids is 1. The predicted octanol–water partition coefficient (Wildman–Crippen LogP) is 6.38. The molecule has 2 unspecified atom stereocenters. The van der Waals surface area contributed by atoms with Crippen molar-refractivity contribution >= 4 is 29.2 Å². The smallest absolute Gasteiger partial charge is 0.222 e. The van der Waals surface area contributed by atoms with Gasteiger partial charge in [0.15, 0.2) is 0 Å². The van der Waals surface area contributed by atoms with E-state index in [2.05, 4.69) is 26.1 Å². The summed E-state index contributed by atoms with van der Waals surface area (Å²) in [6, 6.07) is 8.44. The van der Waals surface area contributed by atoms with E-state index in [4.69, 9.17) is 15.0 Å². The van der Waals surface area contributed by atoms with E-state index in [0.29, 0.717) is 36.2 Å². The first-order chi connectivity index (χ1) is 16.8. The van der Waals surface area contributed by atoms with E-state index in [0.717, 1.165) is 37.1 Å². The zero-order valence-corrected chi connectivity index (χ0v) is 21.6. The second-order valence-electron chi connectivity index (χ2n) is 9.41. The van der Waals surface area contributed by atoms with Crippen molar-refractivity contribution in [2.24, 2.45) is 10.9 Å². The van der Waals surface area contributed by atoms with Gasteiger partial charge in [0.05, 0.1) is 11.7 Å². The number of piperidine rings is 1. The first-order valence-electron chi connectivity index (χ1n) is 12.7. The summed E-state index contributed by atoms with van der Waals surface area (Å²) in [5.41, 5.74) is 2.29. The summed E-state index contributed by atoms with van der Waals surface area (Å²) in [4.78, 5) is 28.8. The molecule has 1 fully saturated rings. The lowest BCUT2D eigenvalue weighted by Gasteiger charge is -2.32. The normalized spacial score (nSPS) is 17.7. The number of aromatic nitrogens is 2. The second kappa shape index (κ2) is 12.6. The van der Waals surface area contributed by atoms with Crippen molar-refractivity contribution in [2.45, 2.75) is 72.3 Å². The number of hydrogen-bond donors (Lipinski definition) is 1. The average molecular weight is 480 g/mol. The van der Waals surface area contributed by atoms with E-state index in [1.54, 1.807) is 12.1 Å². The maximum Gasteiger partial charge on any atom is 0.222 e. The number of carbonyl (C=O) groups is 1. The van der Waals surface area contributed by atoms with Crippen LogP contribution >= 0.6 is 0 Å². The molecule has 35 heavy (non-hydrogen) atoms. The Kier molecular flexibility index (Phi) is 9.52. The number of nitrogens with zero attached hydrogens (tertiary/aromatic N) is 4. The molecular formula is C28H38FN5O. The highest BCUT2D eigenvalue weighted by molar-refractivity contribution is 6.09. The van der Waals surface area contributed by atoms with Gasteiger partial charge in [-0.3, -0.25) is 9.79 Å². The molecule has 6 nitrogen and oxygen atoms in total. The van der Waals surface area contributed by atoms with Crippen LogP contribution in [0.2, 0.25) is 0 Å². The molecule has 2 heterocycles. The third kappa shape index (κ3) is 7.20. The first kappa shape index (κ1) is 26.5. The van der Waals surface area contributed by atoms with Gasteiger partial charge in [-0.2, -0.15) is 0 Å². The topological polar surface area (TPSA) is 70.5 Å². The van der Waals surface area contributed by atoms with Crippen molar-refractivity contribution in [3.05, 3.63) is 53.7 Å². The highest BCUT2D eigenvalue weighted by Crippen LogP contribution is 2.28. The molecule has 7 heteroatoms. The van der Waals surface area contributed by atoms with Crippen LogP contribution in [0.15, 0.2) is 41.4 Å². The van der Waals surface area contributed by atoms with Crippen LogP contribution in [0.5, 0.6) is 0 Å². The zero-order chi connectivity index (χ0) is 25.4. The molecule has 1 aliphatic heterocycles. The van der Waals surface area contributed by atoms with Gasteiger partial charge in [0.25, 0.3) is 0 Å². The Labute approximate surface area is 208 Å². The Morgan fingerprint density at radius 2 is 2.09 bits per heavy atom. The van der Waals surface area contributed by atoms with E-state index in [1.165, 1.54) is 12.1 Å². The molecule has 0 saturated carbocycles. The maximum absolute atomic E-state index is 13.8. The minimum atomic E-state index is -0.314. The summed E-state index contributed by atoms with van der Waals surface area (Å²) in [5.74, 6) is 1.62. The Morgan fingerprint density at radius 3 is 2.74 bits per heavy atom. The molecule has 0 bridgehead atoms. The van der Waals surface area contributed by atoms with Crippen molar-refractivity contribution in [2.75, 3.05) is 18.4 Å². The highest BCUT2D eigenvalue weighted by atomic mass is 19.1. The molecule has 1 saturated heterocycles. The number of nitrogens with one attached hydrogen (secondary N) is 1. The van der Waals surface area contributed by atoms with Crippen molar-refractivity contribution in [3.8, 4) is 0 Å². The summed E-state index contributed by atoms with van der Waals surface area (Å²) in [6.45, 7) is 11.8. The molecule has 1 aliphatic rings. The van der Waals surface area contributed by atoms with Gasteiger partial charge in [0.1, 0.15) is 17.5 Å². The van der Waals surface area contributed by atoms with Crippen LogP contribution in [0.1, 0.15) is 77.7 Å². The SMILES string of the molecule is C/C=C(\C=NC(CC)C(C)C)c1cc(Nc2cccc(F)c2)nc(C2CCCN(C(=O)CC)C2)n1. The van der Waals surface area contributed by atoms with Crippen LogP contribution in [0.3, 0.4) is 0 Å². The fourth-order valence-corrected chi connectivity index (χ4v) is 4.43. The number of anilines is 2. The molecule has 0 radical (unpaired) electrons. The van der Waals surface area contributed by atoms with Crippen LogP contribution in [-0.2, 0) is 4.79 Å². The monoisotopic (exact) mass is 479 g/mol. The standard InChI is InChI=1S/C28H38FN5O/c1-6-20(17-30-24(7-2)19(4)5)25-16-26(31-23-13-9-12-22(29)15-23)33-28(32-25)21-11-10-14-34(18-21)27(35)8-3/h6,9,12-13,15-17,19,21,24H,7-8,10-11,14,18H2,1-5H3,(H,31,32,33)/b20-6+,30-17?. The van der Waals surface area contributed by atoms with Gasteiger partial charge in [0.2, 0.25) is 5.91 Å². The van der Waals surface area contributed by atoms with Crippen LogP contribution in [0, 0.1) is 11.7 Å². The zero-order valence-electron chi connectivity index (χ0n) is 21.6. The number of benzene rings is 1. The number of aliphatic imine (C=N–C) groups is 1. The van der Waals surface area contributed by atoms with E-state index >= 15 is 0 Å². The van der Waals surface area contributed by atoms with E-state index in [-0.39, 0.29) is 23.7 Å². The summed E-state index contributed by atoms with van der Waals surface area (Å²) >= 11 is 0. The van der Waals surface area contributed by atoms with Crippen molar-refractivity contribution in [1.29, 1.82) is 0 Å². The average Bonchev–Trinajstić information content (AvgIpc) is 2.86. The Bertz CT molecular complexity index is 1070. The lowest BCUT2D eigenvalue weighted by molar-refractivity contribution is -0.132. The van der Waals surface area contributed by atoms with Gasteiger partial charge in [-0.1, -0.05) is 39.8 Å². The number of halogens is 1.